The number of hydrogen-bond donors (Lipinski definition) is 1. The Bertz CT molecular complexity index is 374. The molecular formula is C13H18F2N2. The summed E-state index contributed by atoms with van der Waals surface area (Å²) in [6, 6.07) is 3.78. The fraction of sp³-hybridized carbons (Fsp3) is 0.538. The Morgan fingerprint density at radius 2 is 1.94 bits per heavy atom. The maximum absolute atomic E-state index is 13.6. The van der Waals surface area contributed by atoms with E-state index in [9.17, 15) is 8.78 Å². The minimum atomic E-state index is -0.524. The smallest absolute Gasteiger partial charge is 0.149 e. The molecule has 0 saturated carbocycles. The molecule has 0 bridgehead atoms. The Hall–Kier alpha value is -1.16. The average molecular weight is 240 g/mol. The first-order valence-corrected chi connectivity index (χ1v) is 6.11. The SMILES string of the molecule is NCCC1CCN(c2ccc(F)cc2F)CC1. The number of hydrogen-bond acceptors (Lipinski definition) is 2. The fourth-order valence-corrected chi connectivity index (χ4v) is 2.44. The molecule has 0 unspecified atom stereocenters. The maximum atomic E-state index is 13.6. The van der Waals surface area contributed by atoms with E-state index in [0.717, 1.165) is 45.0 Å². The predicted octanol–water partition coefficient (Wildman–Crippen LogP) is 2.53. The molecule has 1 aromatic carbocycles. The zero-order valence-electron chi connectivity index (χ0n) is 9.83. The van der Waals surface area contributed by atoms with Crippen molar-refractivity contribution in [3.8, 4) is 0 Å². The molecule has 0 aliphatic carbocycles. The molecule has 0 aromatic heterocycles. The zero-order chi connectivity index (χ0) is 12.3. The van der Waals surface area contributed by atoms with E-state index >= 15 is 0 Å². The number of nitrogens with two attached hydrogens (primary N) is 1. The van der Waals surface area contributed by atoms with Crippen molar-refractivity contribution in [3.05, 3.63) is 29.8 Å². The van der Waals surface area contributed by atoms with Gasteiger partial charge >= 0.3 is 0 Å². The monoisotopic (exact) mass is 240 g/mol. The molecule has 1 aliphatic heterocycles. The van der Waals surface area contributed by atoms with Gasteiger partial charge in [0.15, 0.2) is 0 Å². The number of piperidine rings is 1. The summed E-state index contributed by atoms with van der Waals surface area (Å²) in [4.78, 5) is 1.99. The highest BCUT2D eigenvalue weighted by Gasteiger charge is 2.20. The summed E-state index contributed by atoms with van der Waals surface area (Å²) in [7, 11) is 0. The van der Waals surface area contributed by atoms with Crippen LogP contribution in [0.5, 0.6) is 0 Å². The molecule has 0 atom stereocenters. The summed E-state index contributed by atoms with van der Waals surface area (Å²) < 4.78 is 26.4. The minimum absolute atomic E-state index is 0.470. The van der Waals surface area contributed by atoms with E-state index < -0.39 is 11.6 Å². The fourth-order valence-electron chi connectivity index (χ4n) is 2.44. The molecule has 1 fully saturated rings. The number of rotatable bonds is 3. The van der Waals surface area contributed by atoms with Crippen molar-refractivity contribution >= 4 is 5.69 Å². The lowest BCUT2D eigenvalue weighted by atomic mass is 9.93. The molecule has 2 rings (SSSR count). The average Bonchev–Trinajstić information content (AvgIpc) is 2.31. The van der Waals surface area contributed by atoms with Gasteiger partial charge < -0.3 is 10.6 Å². The predicted molar refractivity (Wildman–Crippen MR) is 65.0 cm³/mol. The van der Waals surface area contributed by atoms with Crippen LogP contribution in [0.2, 0.25) is 0 Å². The maximum Gasteiger partial charge on any atom is 0.149 e. The standard InChI is InChI=1S/C13H18F2N2/c14-11-1-2-13(12(15)9-11)17-7-4-10(3-6-16)5-8-17/h1-2,9-10H,3-8,16H2. The Balaban J connectivity index is 2.00. The van der Waals surface area contributed by atoms with Crippen LogP contribution < -0.4 is 10.6 Å². The number of anilines is 1. The second kappa shape index (κ2) is 5.45. The molecule has 4 heteroatoms. The largest absolute Gasteiger partial charge is 0.369 e. The lowest BCUT2D eigenvalue weighted by Gasteiger charge is -2.33. The van der Waals surface area contributed by atoms with Crippen molar-refractivity contribution in [1.82, 2.24) is 0 Å². The Morgan fingerprint density at radius 3 is 2.53 bits per heavy atom. The molecule has 1 heterocycles. The van der Waals surface area contributed by atoms with Gasteiger partial charge in [0.1, 0.15) is 11.6 Å². The van der Waals surface area contributed by atoms with Crippen molar-refractivity contribution < 1.29 is 8.78 Å². The molecule has 1 saturated heterocycles. The summed E-state index contributed by atoms with van der Waals surface area (Å²) in [5.41, 5.74) is 6.04. The van der Waals surface area contributed by atoms with Crippen LogP contribution in [0.15, 0.2) is 18.2 Å². The highest BCUT2D eigenvalue weighted by atomic mass is 19.1. The van der Waals surface area contributed by atoms with E-state index in [2.05, 4.69) is 0 Å². The number of benzene rings is 1. The van der Waals surface area contributed by atoms with Crippen LogP contribution in [-0.2, 0) is 0 Å². The van der Waals surface area contributed by atoms with Crippen LogP contribution in [0.1, 0.15) is 19.3 Å². The summed E-state index contributed by atoms with van der Waals surface area (Å²) in [6.45, 7) is 2.37. The van der Waals surface area contributed by atoms with Gasteiger partial charge in [0.2, 0.25) is 0 Å². The topological polar surface area (TPSA) is 29.3 Å². The molecule has 94 valence electrons. The molecule has 1 aliphatic rings. The zero-order valence-corrected chi connectivity index (χ0v) is 9.83. The van der Waals surface area contributed by atoms with Gasteiger partial charge in [-0.25, -0.2) is 8.78 Å². The van der Waals surface area contributed by atoms with Gasteiger partial charge in [0, 0.05) is 19.2 Å². The number of halogens is 2. The van der Waals surface area contributed by atoms with Crippen LogP contribution in [0.25, 0.3) is 0 Å². The van der Waals surface area contributed by atoms with Crippen molar-refractivity contribution in [2.75, 3.05) is 24.5 Å². The first-order valence-electron chi connectivity index (χ1n) is 6.11. The van der Waals surface area contributed by atoms with E-state index in [1.54, 1.807) is 0 Å². The van der Waals surface area contributed by atoms with E-state index in [-0.39, 0.29) is 0 Å². The lowest BCUT2D eigenvalue weighted by molar-refractivity contribution is 0.384. The van der Waals surface area contributed by atoms with Gasteiger partial charge in [0.25, 0.3) is 0 Å². The van der Waals surface area contributed by atoms with Crippen LogP contribution in [-0.4, -0.2) is 19.6 Å². The third-order valence-corrected chi connectivity index (χ3v) is 3.44. The molecular weight excluding hydrogens is 222 g/mol. The van der Waals surface area contributed by atoms with Gasteiger partial charge in [-0.3, -0.25) is 0 Å². The molecule has 0 amide bonds. The lowest BCUT2D eigenvalue weighted by Crippen LogP contribution is -2.34. The quantitative estimate of drug-likeness (QED) is 0.879. The minimum Gasteiger partial charge on any atom is -0.369 e. The van der Waals surface area contributed by atoms with Crippen LogP contribution >= 0.6 is 0 Å². The van der Waals surface area contributed by atoms with Crippen molar-refractivity contribution in [2.24, 2.45) is 11.7 Å². The molecule has 2 N–H and O–H groups in total. The number of nitrogens with zero attached hydrogens (tertiary/aromatic N) is 1. The van der Waals surface area contributed by atoms with E-state index in [1.807, 2.05) is 4.90 Å². The second-order valence-corrected chi connectivity index (χ2v) is 4.60. The molecule has 0 radical (unpaired) electrons. The van der Waals surface area contributed by atoms with E-state index in [0.29, 0.717) is 11.6 Å². The van der Waals surface area contributed by atoms with Gasteiger partial charge in [0.05, 0.1) is 5.69 Å². The van der Waals surface area contributed by atoms with Crippen molar-refractivity contribution in [1.29, 1.82) is 0 Å². The summed E-state index contributed by atoms with van der Waals surface area (Å²) in [5.74, 6) is -0.341. The molecule has 17 heavy (non-hydrogen) atoms. The third-order valence-electron chi connectivity index (χ3n) is 3.44. The highest BCUT2D eigenvalue weighted by Crippen LogP contribution is 2.27. The van der Waals surface area contributed by atoms with Gasteiger partial charge in [-0.2, -0.15) is 0 Å². The molecule has 0 spiro atoms. The molecule has 1 aromatic rings. The Kier molecular flexibility index (Phi) is 3.94. The van der Waals surface area contributed by atoms with Crippen LogP contribution in [0.4, 0.5) is 14.5 Å². The van der Waals surface area contributed by atoms with Crippen LogP contribution in [0, 0.1) is 17.6 Å². The highest BCUT2D eigenvalue weighted by molar-refractivity contribution is 5.48. The van der Waals surface area contributed by atoms with Gasteiger partial charge in [-0.15, -0.1) is 0 Å². The van der Waals surface area contributed by atoms with Gasteiger partial charge in [-0.1, -0.05) is 0 Å². The Morgan fingerprint density at radius 1 is 1.24 bits per heavy atom. The van der Waals surface area contributed by atoms with Crippen molar-refractivity contribution in [2.45, 2.75) is 19.3 Å². The normalized spacial score (nSPS) is 17.5. The van der Waals surface area contributed by atoms with E-state index in [4.69, 9.17) is 5.73 Å². The third kappa shape index (κ3) is 2.94. The van der Waals surface area contributed by atoms with E-state index in [1.165, 1.54) is 12.1 Å². The van der Waals surface area contributed by atoms with Crippen LogP contribution in [0.3, 0.4) is 0 Å². The summed E-state index contributed by atoms with van der Waals surface area (Å²) >= 11 is 0. The van der Waals surface area contributed by atoms with Gasteiger partial charge in [-0.05, 0) is 43.9 Å². The summed E-state index contributed by atoms with van der Waals surface area (Å²) in [6.07, 6.45) is 3.11. The first-order chi connectivity index (χ1) is 8.20. The summed E-state index contributed by atoms with van der Waals surface area (Å²) in [5, 5.41) is 0. The Labute approximate surface area is 100 Å². The second-order valence-electron chi connectivity index (χ2n) is 4.60. The van der Waals surface area contributed by atoms with Crippen molar-refractivity contribution in [3.63, 3.8) is 0 Å². The molecule has 2 nitrogen and oxygen atoms in total. The first kappa shape index (κ1) is 12.3.